The van der Waals surface area contributed by atoms with Crippen LogP contribution in [0.4, 0.5) is 0 Å². The molecule has 0 heterocycles. The molecule has 1 saturated carbocycles. The number of carbonyl (C=O) groups excluding carboxylic acids is 2. The molecule has 0 aliphatic heterocycles. The number of hydrogen-bond donors (Lipinski definition) is 1. The minimum atomic E-state index is -0.639. The minimum absolute atomic E-state index is 0.00740. The molecule has 0 spiro atoms. The smallest absolute Gasteiger partial charge is 0.261 e. The van der Waals surface area contributed by atoms with Crippen molar-refractivity contribution >= 4 is 50.9 Å². The Morgan fingerprint density at radius 2 is 1.83 bits per heavy atom. The molecular formula is C28H35BrCl2N2O3. The fourth-order valence-electron chi connectivity index (χ4n) is 4.43. The number of ether oxygens (including phenoxy) is 1. The summed E-state index contributed by atoms with van der Waals surface area (Å²) < 4.78 is 6.70. The number of benzene rings is 2. The van der Waals surface area contributed by atoms with Crippen LogP contribution in [0, 0.1) is 0 Å². The van der Waals surface area contributed by atoms with Crippen molar-refractivity contribution in [3.05, 3.63) is 62.0 Å². The summed E-state index contributed by atoms with van der Waals surface area (Å²) in [4.78, 5) is 28.3. The first-order valence-electron chi connectivity index (χ1n) is 12.5. The van der Waals surface area contributed by atoms with Gasteiger partial charge in [0.2, 0.25) is 5.91 Å². The number of nitrogens with one attached hydrogen (secondary N) is 1. The number of rotatable bonds is 9. The average Bonchev–Trinajstić information content (AvgIpc) is 3.31. The highest BCUT2D eigenvalue weighted by atomic mass is 79.9. The number of nitrogens with zero attached hydrogens (tertiary/aromatic N) is 1. The van der Waals surface area contributed by atoms with Gasteiger partial charge in [-0.15, -0.1) is 0 Å². The summed E-state index contributed by atoms with van der Waals surface area (Å²) in [6, 6.07) is 10.6. The molecule has 8 heteroatoms. The molecule has 0 aromatic heterocycles. The summed E-state index contributed by atoms with van der Waals surface area (Å²) in [5, 5.41) is 4.11. The molecule has 1 fully saturated rings. The third kappa shape index (κ3) is 7.62. The van der Waals surface area contributed by atoms with E-state index in [0.29, 0.717) is 22.2 Å². The normalized spacial score (nSPS) is 15.0. The molecule has 2 aromatic carbocycles. The van der Waals surface area contributed by atoms with Crippen molar-refractivity contribution in [2.45, 2.75) is 83.8 Å². The summed E-state index contributed by atoms with van der Waals surface area (Å²) in [5.74, 6) is 0.143. The summed E-state index contributed by atoms with van der Waals surface area (Å²) in [7, 11) is 0. The Labute approximate surface area is 233 Å². The van der Waals surface area contributed by atoms with Crippen molar-refractivity contribution in [3.63, 3.8) is 0 Å². The van der Waals surface area contributed by atoms with E-state index in [4.69, 9.17) is 27.9 Å². The van der Waals surface area contributed by atoms with Crippen LogP contribution in [0.3, 0.4) is 0 Å². The Bertz CT molecular complexity index is 1080. The van der Waals surface area contributed by atoms with Crippen LogP contribution in [-0.2, 0) is 21.5 Å². The number of hydrogen-bond acceptors (Lipinski definition) is 3. The highest BCUT2D eigenvalue weighted by molar-refractivity contribution is 9.10. The molecule has 0 saturated heterocycles. The molecule has 2 amide bonds. The van der Waals surface area contributed by atoms with Crippen molar-refractivity contribution in [3.8, 4) is 5.75 Å². The van der Waals surface area contributed by atoms with Crippen LogP contribution in [0.5, 0.6) is 5.75 Å². The largest absolute Gasteiger partial charge is 0.483 e. The lowest BCUT2D eigenvalue weighted by Gasteiger charge is -2.31. The quantitative estimate of drug-likeness (QED) is 0.330. The van der Waals surface area contributed by atoms with E-state index >= 15 is 0 Å². The van der Waals surface area contributed by atoms with Crippen LogP contribution in [0.1, 0.15) is 70.9 Å². The lowest BCUT2D eigenvalue weighted by molar-refractivity contribution is -0.143. The molecule has 1 aliphatic carbocycles. The molecular weight excluding hydrogens is 563 g/mol. The molecule has 1 aliphatic rings. The second-order valence-corrected chi connectivity index (χ2v) is 12.1. The van der Waals surface area contributed by atoms with E-state index in [-0.39, 0.29) is 36.4 Å². The zero-order valence-electron chi connectivity index (χ0n) is 21.4. The molecule has 36 heavy (non-hydrogen) atoms. The van der Waals surface area contributed by atoms with Crippen LogP contribution in [0.15, 0.2) is 40.9 Å². The van der Waals surface area contributed by atoms with Gasteiger partial charge >= 0.3 is 0 Å². The molecule has 1 N–H and O–H groups in total. The van der Waals surface area contributed by atoms with Gasteiger partial charge in [0.15, 0.2) is 6.61 Å². The van der Waals surface area contributed by atoms with E-state index in [1.54, 1.807) is 23.1 Å². The highest BCUT2D eigenvalue weighted by Crippen LogP contribution is 2.32. The summed E-state index contributed by atoms with van der Waals surface area (Å²) >= 11 is 16.1. The van der Waals surface area contributed by atoms with E-state index in [1.807, 2.05) is 25.1 Å². The molecule has 0 bridgehead atoms. The summed E-state index contributed by atoms with van der Waals surface area (Å²) in [6.07, 6.45) is 4.64. The molecule has 1 atom stereocenters. The average molecular weight is 598 g/mol. The van der Waals surface area contributed by atoms with Gasteiger partial charge in [0.1, 0.15) is 11.8 Å². The van der Waals surface area contributed by atoms with Gasteiger partial charge in [0.25, 0.3) is 5.91 Å². The fraction of sp³-hybridized carbons (Fsp3) is 0.500. The van der Waals surface area contributed by atoms with Gasteiger partial charge in [0.05, 0.1) is 4.47 Å². The zero-order valence-corrected chi connectivity index (χ0v) is 24.5. The standard InChI is InChI=1S/C28H35BrCl2N2O3/c1-5-24(27(35)32-21-8-6-7-9-21)33(16-18-10-12-20(30)15-23(18)31)26(34)17-36-25-13-11-19(14-22(25)29)28(2,3)4/h10-15,21,24H,5-9,16-17H2,1-4H3,(H,32,35)/t24-/m1/s1. The molecule has 2 aromatic rings. The zero-order chi connectivity index (χ0) is 26.5. The van der Waals surface area contributed by atoms with E-state index in [9.17, 15) is 9.59 Å². The lowest BCUT2D eigenvalue weighted by atomic mass is 9.87. The Balaban J connectivity index is 1.80. The van der Waals surface area contributed by atoms with E-state index in [2.05, 4.69) is 42.0 Å². The van der Waals surface area contributed by atoms with Gasteiger partial charge in [-0.1, -0.05) is 75.9 Å². The highest BCUT2D eigenvalue weighted by Gasteiger charge is 2.31. The van der Waals surface area contributed by atoms with Crippen LogP contribution >= 0.6 is 39.1 Å². The van der Waals surface area contributed by atoms with Crippen LogP contribution in [-0.4, -0.2) is 35.4 Å². The molecule has 196 valence electrons. The summed E-state index contributed by atoms with van der Waals surface area (Å²) in [6.45, 7) is 8.30. The lowest BCUT2D eigenvalue weighted by Crippen LogP contribution is -2.52. The fourth-order valence-corrected chi connectivity index (χ4v) is 5.39. The number of carbonyl (C=O) groups is 2. The minimum Gasteiger partial charge on any atom is -0.483 e. The number of amides is 2. The first-order chi connectivity index (χ1) is 17.0. The second-order valence-electron chi connectivity index (χ2n) is 10.4. The van der Waals surface area contributed by atoms with Crippen LogP contribution in [0.25, 0.3) is 0 Å². The predicted molar refractivity (Wildman–Crippen MR) is 150 cm³/mol. The van der Waals surface area contributed by atoms with E-state index in [0.717, 1.165) is 41.3 Å². The van der Waals surface area contributed by atoms with Gasteiger partial charge in [-0.05, 0) is 76.0 Å². The molecule has 3 rings (SSSR count). The maximum atomic E-state index is 13.5. The maximum absolute atomic E-state index is 13.5. The third-order valence-corrected chi connectivity index (χ3v) is 7.80. The van der Waals surface area contributed by atoms with Crippen LogP contribution in [0.2, 0.25) is 10.0 Å². The Kier molecular flexibility index (Phi) is 10.1. The van der Waals surface area contributed by atoms with Crippen molar-refractivity contribution in [1.29, 1.82) is 0 Å². The monoisotopic (exact) mass is 596 g/mol. The Hall–Kier alpha value is -1.76. The van der Waals surface area contributed by atoms with Crippen molar-refractivity contribution in [2.24, 2.45) is 0 Å². The van der Waals surface area contributed by atoms with E-state index in [1.165, 1.54) is 0 Å². The van der Waals surface area contributed by atoms with Gasteiger partial charge in [0, 0.05) is 22.6 Å². The first-order valence-corrected chi connectivity index (χ1v) is 14.0. The van der Waals surface area contributed by atoms with E-state index < -0.39 is 6.04 Å². The third-order valence-electron chi connectivity index (χ3n) is 6.59. The van der Waals surface area contributed by atoms with Crippen molar-refractivity contribution < 1.29 is 14.3 Å². The van der Waals surface area contributed by atoms with Gasteiger partial charge in [-0.2, -0.15) is 0 Å². The number of halogens is 3. The molecule has 0 radical (unpaired) electrons. The van der Waals surface area contributed by atoms with Crippen molar-refractivity contribution in [1.82, 2.24) is 10.2 Å². The first kappa shape index (κ1) is 28.8. The van der Waals surface area contributed by atoms with Crippen LogP contribution < -0.4 is 10.1 Å². The van der Waals surface area contributed by atoms with Gasteiger partial charge in [-0.25, -0.2) is 0 Å². The predicted octanol–water partition coefficient (Wildman–Crippen LogP) is 7.30. The molecule has 5 nitrogen and oxygen atoms in total. The maximum Gasteiger partial charge on any atom is 0.261 e. The van der Waals surface area contributed by atoms with Gasteiger partial charge in [-0.3, -0.25) is 9.59 Å². The second kappa shape index (κ2) is 12.7. The molecule has 0 unspecified atom stereocenters. The Morgan fingerprint density at radius 3 is 2.42 bits per heavy atom. The summed E-state index contributed by atoms with van der Waals surface area (Å²) in [5.41, 5.74) is 1.87. The SMILES string of the molecule is CC[C@H](C(=O)NC1CCCC1)N(Cc1ccc(Cl)cc1Cl)C(=O)COc1ccc(C(C)(C)C)cc1Br. The van der Waals surface area contributed by atoms with Gasteiger partial charge < -0.3 is 15.0 Å². The van der Waals surface area contributed by atoms with Crippen molar-refractivity contribution in [2.75, 3.05) is 6.61 Å². The topological polar surface area (TPSA) is 58.6 Å². The Morgan fingerprint density at radius 1 is 1.14 bits per heavy atom.